The zero-order valence-corrected chi connectivity index (χ0v) is 12.7. The van der Waals surface area contributed by atoms with Gasteiger partial charge < -0.3 is 5.11 Å². The number of hydrogen-bond donors (Lipinski definition) is 2. The first-order valence-electron chi connectivity index (χ1n) is 4.84. The number of carboxylic acids is 1. The third kappa shape index (κ3) is 2.80. The molecule has 0 bridgehead atoms. The summed E-state index contributed by atoms with van der Waals surface area (Å²) in [5, 5.41) is 12.7. The molecule has 0 atom stereocenters. The molecule has 0 radical (unpaired) electrons. The van der Waals surface area contributed by atoms with Crippen molar-refractivity contribution in [3.8, 4) is 0 Å². The van der Waals surface area contributed by atoms with Crippen molar-refractivity contribution in [3.63, 3.8) is 0 Å². The van der Waals surface area contributed by atoms with Gasteiger partial charge in [-0.1, -0.05) is 0 Å². The van der Waals surface area contributed by atoms with Gasteiger partial charge in [-0.05, 0) is 28.1 Å². The van der Waals surface area contributed by atoms with Crippen LogP contribution in [-0.4, -0.2) is 29.3 Å². The second-order valence-corrected chi connectivity index (χ2v) is 7.87. The van der Waals surface area contributed by atoms with Gasteiger partial charge >= 0.3 is 5.97 Å². The summed E-state index contributed by atoms with van der Waals surface area (Å²) in [6, 6.07) is 3.02. The summed E-state index contributed by atoms with van der Waals surface area (Å²) in [6.45, 7) is 0. The van der Waals surface area contributed by atoms with Crippen LogP contribution in [0.3, 0.4) is 0 Å². The minimum atomic E-state index is -3.81. The highest BCUT2D eigenvalue weighted by Gasteiger charge is 2.22. The number of carboxylic acid groups (broad SMARTS) is 1. The molecule has 2 aromatic heterocycles. The number of halogens is 1. The van der Waals surface area contributed by atoms with Crippen LogP contribution >= 0.6 is 27.3 Å². The summed E-state index contributed by atoms with van der Waals surface area (Å²) in [6.07, 6.45) is 1.16. The Bertz CT molecular complexity index is 734. The van der Waals surface area contributed by atoms with E-state index in [-0.39, 0.29) is 15.6 Å². The average molecular weight is 366 g/mol. The van der Waals surface area contributed by atoms with E-state index in [0.29, 0.717) is 3.79 Å². The van der Waals surface area contributed by atoms with Gasteiger partial charge in [0, 0.05) is 7.05 Å². The van der Waals surface area contributed by atoms with Gasteiger partial charge in [-0.15, -0.1) is 11.3 Å². The predicted molar refractivity (Wildman–Crippen MR) is 73.0 cm³/mol. The lowest BCUT2D eigenvalue weighted by molar-refractivity contribution is 0.0686. The molecule has 19 heavy (non-hydrogen) atoms. The summed E-state index contributed by atoms with van der Waals surface area (Å²) in [5.41, 5.74) is -0.293. The van der Waals surface area contributed by atoms with Crippen molar-refractivity contribution >= 4 is 48.9 Å². The average Bonchev–Trinajstić information content (AvgIpc) is 2.85. The minimum absolute atomic E-state index is 0.0699. The number of hydrogen-bond acceptors (Lipinski definition) is 5. The summed E-state index contributed by atoms with van der Waals surface area (Å²) in [4.78, 5) is 11.0. The maximum atomic E-state index is 12.0. The Morgan fingerprint density at radius 1 is 1.53 bits per heavy atom. The SMILES string of the molecule is Cn1ncc(NS(=O)(=O)c2ccc(Br)s2)c1C(=O)O. The third-order valence-electron chi connectivity index (χ3n) is 2.20. The van der Waals surface area contributed by atoms with Gasteiger partial charge in [0.25, 0.3) is 10.0 Å². The number of aromatic nitrogens is 2. The van der Waals surface area contributed by atoms with Crippen molar-refractivity contribution in [1.82, 2.24) is 9.78 Å². The number of aryl methyl sites for hydroxylation is 1. The largest absolute Gasteiger partial charge is 0.476 e. The van der Waals surface area contributed by atoms with Crippen LogP contribution in [-0.2, 0) is 17.1 Å². The highest BCUT2D eigenvalue weighted by molar-refractivity contribution is 9.11. The topological polar surface area (TPSA) is 101 Å². The highest BCUT2D eigenvalue weighted by atomic mass is 79.9. The smallest absolute Gasteiger partial charge is 0.356 e. The molecule has 0 spiro atoms. The van der Waals surface area contributed by atoms with Crippen LogP contribution in [0, 0.1) is 0 Å². The second-order valence-electron chi connectivity index (χ2n) is 3.50. The molecule has 0 aromatic carbocycles. The predicted octanol–water partition coefficient (Wildman–Crippen LogP) is 1.74. The van der Waals surface area contributed by atoms with Gasteiger partial charge in [0.1, 0.15) is 9.90 Å². The zero-order valence-electron chi connectivity index (χ0n) is 9.49. The fourth-order valence-corrected chi connectivity index (χ4v) is 4.46. The molecule has 2 N–H and O–H groups in total. The summed E-state index contributed by atoms with van der Waals surface area (Å²) in [5.74, 6) is -1.26. The molecular formula is C9H8BrN3O4S2. The van der Waals surface area contributed by atoms with Crippen molar-refractivity contribution in [2.75, 3.05) is 4.72 Å². The van der Waals surface area contributed by atoms with E-state index in [0.717, 1.165) is 22.2 Å². The number of nitrogens with zero attached hydrogens (tertiary/aromatic N) is 2. The molecule has 0 aliphatic carbocycles. The first-order chi connectivity index (χ1) is 8.81. The number of anilines is 1. The first kappa shape index (κ1) is 14.0. The Balaban J connectivity index is 2.39. The third-order valence-corrected chi connectivity index (χ3v) is 5.68. The molecule has 10 heteroatoms. The molecule has 0 saturated carbocycles. The normalized spacial score (nSPS) is 11.5. The monoisotopic (exact) mass is 365 g/mol. The second kappa shape index (κ2) is 4.94. The Kier molecular flexibility index (Phi) is 3.65. The van der Waals surface area contributed by atoms with Crippen LogP contribution in [0.5, 0.6) is 0 Å². The number of nitrogens with one attached hydrogen (secondary N) is 1. The maximum Gasteiger partial charge on any atom is 0.356 e. The van der Waals surface area contributed by atoms with Gasteiger partial charge in [-0.3, -0.25) is 9.40 Å². The van der Waals surface area contributed by atoms with E-state index in [4.69, 9.17) is 5.11 Å². The Hall–Kier alpha value is -1.39. The van der Waals surface area contributed by atoms with E-state index >= 15 is 0 Å². The van der Waals surface area contributed by atoms with Gasteiger partial charge in [0.15, 0.2) is 5.69 Å². The molecule has 2 heterocycles. The van der Waals surface area contributed by atoms with Crippen molar-refractivity contribution in [2.24, 2.45) is 7.05 Å². The number of rotatable bonds is 4. The van der Waals surface area contributed by atoms with E-state index in [1.165, 1.54) is 13.1 Å². The molecule has 102 valence electrons. The molecule has 0 aliphatic heterocycles. The minimum Gasteiger partial charge on any atom is -0.476 e. The van der Waals surface area contributed by atoms with Crippen LogP contribution in [0.25, 0.3) is 0 Å². The summed E-state index contributed by atoms with van der Waals surface area (Å²) >= 11 is 4.19. The molecule has 0 unspecified atom stereocenters. The Morgan fingerprint density at radius 2 is 2.21 bits per heavy atom. The number of aromatic carboxylic acids is 1. The summed E-state index contributed by atoms with van der Waals surface area (Å²) < 4.78 is 28.1. The van der Waals surface area contributed by atoms with Gasteiger partial charge in [0.05, 0.1) is 9.98 Å². The first-order valence-corrected chi connectivity index (χ1v) is 7.94. The number of sulfonamides is 1. The molecule has 0 aliphatic rings. The quantitative estimate of drug-likeness (QED) is 0.859. The molecular weight excluding hydrogens is 358 g/mol. The van der Waals surface area contributed by atoms with E-state index in [1.807, 2.05) is 0 Å². The standard InChI is InChI=1S/C9H8BrN3O4S2/c1-13-8(9(14)15)5(4-11-13)12-19(16,17)7-3-2-6(10)18-7/h2-4,12H,1H3,(H,14,15). The Labute approximate surface area is 121 Å². The lowest BCUT2D eigenvalue weighted by Gasteiger charge is -2.05. The van der Waals surface area contributed by atoms with Crippen LogP contribution < -0.4 is 4.72 Å². The van der Waals surface area contributed by atoms with Crippen LogP contribution in [0.4, 0.5) is 5.69 Å². The maximum absolute atomic E-state index is 12.0. The van der Waals surface area contributed by atoms with E-state index in [2.05, 4.69) is 25.8 Å². The fraction of sp³-hybridized carbons (Fsp3) is 0.111. The van der Waals surface area contributed by atoms with E-state index in [9.17, 15) is 13.2 Å². The van der Waals surface area contributed by atoms with Crippen LogP contribution in [0.1, 0.15) is 10.5 Å². The molecule has 2 aromatic rings. The number of carbonyl (C=O) groups is 1. The van der Waals surface area contributed by atoms with Crippen molar-refractivity contribution in [3.05, 3.63) is 27.8 Å². The van der Waals surface area contributed by atoms with Crippen molar-refractivity contribution < 1.29 is 18.3 Å². The Morgan fingerprint density at radius 3 is 2.74 bits per heavy atom. The lowest BCUT2D eigenvalue weighted by Crippen LogP contribution is -2.15. The fourth-order valence-electron chi connectivity index (χ4n) is 1.40. The molecule has 0 amide bonds. The van der Waals surface area contributed by atoms with Crippen LogP contribution in [0.15, 0.2) is 26.3 Å². The van der Waals surface area contributed by atoms with Gasteiger partial charge in [0.2, 0.25) is 0 Å². The van der Waals surface area contributed by atoms with Crippen molar-refractivity contribution in [2.45, 2.75) is 4.21 Å². The van der Waals surface area contributed by atoms with Crippen LogP contribution in [0.2, 0.25) is 0 Å². The van der Waals surface area contributed by atoms with E-state index in [1.54, 1.807) is 6.07 Å². The molecule has 0 fully saturated rings. The lowest BCUT2D eigenvalue weighted by atomic mass is 10.4. The summed E-state index contributed by atoms with van der Waals surface area (Å²) in [7, 11) is -2.39. The zero-order chi connectivity index (χ0) is 14.2. The highest BCUT2D eigenvalue weighted by Crippen LogP contribution is 2.28. The van der Waals surface area contributed by atoms with E-state index < -0.39 is 16.0 Å². The molecule has 7 nitrogen and oxygen atoms in total. The van der Waals surface area contributed by atoms with Crippen molar-refractivity contribution in [1.29, 1.82) is 0 Å². The van der Waals surface area contributed by atoms with Gasteiger partial charge in [-0.2, -0.15) is 5.10 Å². The number of thiophene rings is 1. The van der Waals surface area contributed by atoms with Gasteiger partial charge in [-0.25, -0.2) is 13.2 Å². The molecule has 2 rings (SSSR count). The molecule has 0 saturated heterocycles.